The molecule has 0 spiro atoms. The second kappa shape index (κ2) is 7.15. The molecule has 0 N–H and O–H groups in total. The van der Waals surface area contributed by atoms with Crippen molar-refractivity contribution < 1.29 is 0 Å². The molecule has 3 aliphatic carbocycles. The topological polar surface area (TPSA) is 0 Å². The Morgan fingerprint density at radius 1 is 0.778 bits per heavy atom. The lowest BCUT2D eigenvalue weighted by Gasteiger charge is -2.40. The molecule has 5 rings (SSSR count). The van der Waals surface area contributed by atoms with Gasteiger partial charge in [0.15, 0.2) is 0 Å². The summed E-state index contributed by atoms with van der Waals surface area (Å²) >= 11 is 4.46. The lowest BCUT2D eigenvalue weighted by Crippen LogP contribution is -2.32. The van der Waals surface area contributed by atoms with Crippen molar-refractivity contribution in [2.45, 2.75) is 77.2 Å². The van der Waals surface area contributed by atoms with Gasteiger partial charge >= 0.3 is 0 Å². The van der Waals surface area contributed by atoms with E-state index in [0.717, 1.165) is 63.8 Å². The second-order valence-corrected chi connectivity index (χ2v) is 13.6. The van der Waals surface area contributed by atoms with Gasteiger partial charge in [-0.15, -0.1) is 23.5 Å². The van der Waals surface area contributed by atoms with E-state index in [0.29, 0.717) is 0 Å². The van der Waals surface area contributed by atoms with E-state index in [1.165, 1.54) is 32.1 Å². The van der Waals surface area contributed by atoms with Crippen LogP contribution in [0.15, 0.2) is 22.0 Å². The zero-order chi connectivity index (χ0) is 18.9. The molecule has 0 nitrogen and oxygen atoms in total. The first-order valence-electron chi connectivity index (χ1n) is 11.6. The molecule has 3 saturated carbocycles. The van der Waals surface area contributed by atoms with Gasteiger partial charge in [-0.3, -0.25) is 0 Å². The highest BCUT2D eigenvalue weighted by Gasteiger charge is 2.54. The first kappa shape index (κ1) is 19.2. The van der Waals surface area contributed by atoms with Crippen LogP contribution < -0.4 is 0 Å². The third-order valence-electron chi connectivity index (χ3n) is 9.21. The summed E-state index contributed by atoms with van der Waals surface area (Å²) in [7, 11) is 0. The third kappa shape index (κ3) is 3.11. The van der Waals surface area contributed by atoms with Crippen LogP contribution in [0, 0.1) is 53.3 Å². The monoisotopic (exact) mass is 402 g/mol. The Bertz CT molecular complexity index is 617. The second-order valence-electron chi connectivity index (χ2n) is 10.8. The molecule has 27 heavy (non-hydrogen) atoms. The van der Waals surface area contributed by atoms with Crippen LogP contribution in [0.3, 0.4) is 0 Å². The van der Waals surface area contributed by atoms with Crippen molar-refractivity contribution in [2.24, 2.45) is 53.3 Å². The van der Waals surface area contributed by atoms with Crippen molar-refractivity contribution in [1.29, 1.82) is 0 Å². The molecule has 0 saturated heterocycles. The fourth-order valence-corrected chi connectivity index (χ4v) is 11.3. The molecule has 0 amide bonds. The van der Waals surface area contributed by atoms with Crippen LogP contribution in [-0.2, 0) is 0 Å². The number of hydrogen-bond acceptors (Lipinski definition) is 2. The van der Waals surface area contributed by atoms with Crippen molar-refractivity contribution >= 4 is 23.5 Å². The lowest BCUT2D eigenvalue weighted by molar-refractivity contribution is 0.0975. The Morgan fingerprint density at radius 2 is 1.33 bits per heavy atom. The minimum atomic E-state index is 0.831. The van der Waals surface area contributed by atoms with Crippen LogP contribution in [0.2, 0.25) is 0 Å². The zero-order valence-corrected chi connectivity index (χ0v) is 19.5. The summed E-state index contributed by atoms with van der Waals surface area (Å²) < 4.78 is 0. The number of hydrogen-bond donors (Lipinski definition) is 0. The van der Waals surface area contributed by atoms with Crippen molar-refractivity contribution in [3.05, 3.63) is 22.0 Å². The maximum atomic E-state index is 2.63. The predicted octanol–water partition coefficient (Wildman–Crippen LogP) is 7.62. The van der Waals surface area contributed by atoms with E-state index in [1.54, 1.807) is 9.81 Å². The summed E-state index contributed by atoms with van der Waals surface area (Å²) in [5, 5.41) is 1.76. The molecular formula is C25H38S2. The Kier molecular flexibility index (Phi) is 5.07. The molecule has 2 heteroatoms. The van der Waals surface area contributed by atoms with Crippen LogP contribution in [0.25, 0.3) is 0 Å². The van der Waals surface area contributed by atoms with E-state index < -0.39 is 0 Å². The molecule has 0 aromatic carbocycles. The van der Waals surface area contributed by atoms with Crippen LogP contribution in [-0.4, -0.2) is 10.5 Å². The molecule has 0 aromatic heterocycles. The van der Waals surface area contributed by atoms with E-state index in [1.807, 2.05) is 0 Å². The number of rotatable bonds is 3. The normalized spacial score (nSPS) is 53.7. The molecule has 10 atom stereocenters. The van der Waals surface area contributed by atoms with E-state index in [4.69, 9.17) is 0 Å². The zero-order valence-electron chi connectivity index (χ0n) is 17.9. The average Bonchev–Trinajstić information content (AvgIpc) is 3.32. The largest absolute Gasteiger partial charge is 0.127 e. The molecule has 10 unspecified atom stereocenters. The van der Waals surface area contributed by atoms with Gasteiger partial charge in [0.25, 0.3) is 0 Å². The van der Waals surface area contributed by atoms with Crippen LogP contribution >= 0.6 is 23.5 Å². The van der Waals surface area contributed by atoms with E-state index in [2.05, 4.69) is 70.3 Å². The fourth-order valence-electron chi connectivity index (χ4n) is 8.03. The first-order valence-corrected chi connectivity index (χ1v) is 13.4. The van der Waals surface area contributed by atoms with Gasteiger partial charge in [-0.05, 0) is 96.2 Å². The first-order chi connectivity index (χ1) is 12.9. The molecule has 0 bridgehead atoms. The van der Waals surface area contributed by atoms with Crippen molar-refractivity contribution in [1.82, 2.24) is 0 Å². The summed E-state index contributed by atoms with van der Waals surface area (Å²) in [5.41, 5.74) is 0. The van der Waals surface area contributed by atoms with Gasteiger partial charge in [0, 0.05) is 10.5 Å². The number of thioether (sulfide) groups is 2. The highest BCUT2D eigenvalue weighted by Crippen LogP contribution is 2.62. The molecule has 5 aliphatic rings. The lowest BCUT2D eigenvalue weighted by atomic mass is 9.66. The molecule has 2 aliphatic heterocycles. The van der Waals surface area contributed by atoms with E-state index in [-0.39, 0.29) is 0 Å². The Hall–Kier alpha value is 0.180. The Labute approximate surface area is 175 Å². The molecular weight excluding hydrogens is 364 g/mol. The van der Waals surface area contributed by atoms with Gasteiger partial charge in [-0.1, -0.05) is 45.8 Å². The molecule has 3 fully saturated rings. The van der Waals surface area contributed by atoms with Gasteiger partial charge in [0.2, 0.25) is 0 Å². The molecule has 0 aromatic rings. The summed E-state index contributed by atoms with van der Waals surface area (Å²) in [4.78, 5) is 3.20. The highest BCUT2D eigenvalue weighted by atomic mass is 32.2. The summed E-state index contributed by atoms with van der Waals surface area (Å²) in [5.74, 6) is 8.58. The third-order valence-corrected chi connectivity index (χ3v) is 12.1. The van der Waals surface area contributed by atoms with E-state index >= 15 is 0 Å². The maximum absolute atomic E-state index is 2.63. The number of allylic oxidation sites excluding steroid dienone is 4. The van der Waals surface area contributed by atoms with E-state index in [9.17, 15) is 0 Å². The van der Waals surface area contributed by atoms with Crippen LogP contribution in [0.1, 0.15) is 66.7 Å². The summed E-state index contributed by atoms with van der Waals surface area (Å²) in [6, 6.07) is 0. The van der Waals surface area contributed by atoms with Gasteiger partial charge in [0.1, 0.15) is 0 Å². The fraction of sp³-hybridized carbons (Fsp3) is 0.840. The highest BCUT2D eigenvalue weighted by molar-refractivity contribution is 8.05. The Balaban J connectivity index is 1.31. The maximum Gasteiger partial charge on any atom is 0.0199 e. The van der Waals surface area contributed by atoms with Crippen molar-refractivity contribution in [2.75, 3.05) is 0 Å². The standard InChI is InChI=1S/C25H38S2/c1-13-6-7-14(2)23-18(15(3)10-20(13)23)8-9-19-24-21(11-16(4)26-24)22-12-17(5)27-25(19)22/h11-15,18-25H,6-10H2,1-5H3. The Morgan fingerprint density at radius 3 is 1.96 bits per heavy atom. The number of fused-ring (bicyclic) bond motifs is 4. The molecule has 0 radical (unpaired) electrons. The van der Waals surface area contributed by atoms with Gasteiger partial charge in [0.05, 0.1) is 0 Å². The minimum absolute atomic E-state index is 0.831. The average molecular weight is 403 g/mol. The van der Waals surface area contributed by atoms with Crippen LogP contribution in [0.5, 0.6) is 0 Å². The smallest absolute Gasteiger partial charge is 0.0199 e. The minimum Gasteiger partial charge on any atom is -0.127 e. The predicted molar refractivity (Wildman–Crippen MR) is 122 cm³/mol. The SMILES string of the molecule is CC1=CC2C3C=C(C)SC3C(CCC3C(C)CC4C(C)CCC(C)C34)C2S1. The van der Waals surface area contributed by atoms with Gasteiger partial charge in [-0.2, -0.15) is 0 Å². The summed E-state index contributed by atoms with van der Waals surface area (Å²) in [6.07, 6.45) is 12.8. The van der Waals surface area contributed by atoms with Gasteiger partial charge in [-0.25, -0.2) is 0 Å². The van der Waals surface area contributed by atoms with Crippen molar-refractivity contribution in [3.63, 3.8) is 0 Å². The quantitative estimate of drug-likeness (QED) is 0.476. The summed E-state index contributed by atoms with van der Waals surface area (Å²) in [6.45, 7) is 12.4. The van der Waals surface area contributed by atoms with Gasteiger partial charge < -0.3 is 0 Å². The van der Waals surface area contributed by atoms with Crippen LogP contribution in [0.4, 0.5) is 0 Å². The van der Waals surface area contributed by atoms with Crippen molar-refractivity contribution in [3.8, 4) is 0 Å². The molecule has 2 heterocycles. The molecule has 150 valence electrons.